The van der Waals surface area contributed by atoms with Gasteiger partial charge in [-0.3, -0.25) is 9.59 Å². The number of nitrogens with one attached hydrogen (secondary N) is 2. The van der Waals surface area contributed by atoms with Gasteiger partial charge in [-0.1, -0.05) is 37.5 Å². The lowest BCUT2D eigenvalue weighted by Crippen LogP contribution is -2.31. The van der Waals surface area contributed by atoms with Gasteiger partial charge >= 0.3 is 0 Å². The molecule has 5 nitrogen and oxygen atoms in total. The Labute approximate surface area is 153 Å². The fourth-order valence-corrected chi connectivity index (χ4v) is 3.26. The van der Waals surface area contributed by atoms with E-state index in [1.807, 2.05) is 12.1 Å². The first kappa shape index (κ1) is 18.0. The number of phenolic OH excluding ortho intramolecular Hbond substituents is 1. The number of carbonyl (C=O) groups excluding carboxylic acids is 2. The number of phenols is 1. The molecule has 3 rings (SSSR count). The van der Waals surface area contributed by atoms with Gasteiger partial charge in [0, 0.05) is 29.8 Å². The zero-order valence-corrected chi connectivity index (χ0v) is 14.7. The monoisotopic (exact) mass is 352 g/mol. The zero-order chi connectivity index (χ0) is 18.4. The molecule has 2 aromatic carbocycles. The van der Waals surface area contributed by atoms with E-state index in [-0.39, 0.29) is 23.5 Å². The summed E-state index contributed by atoms with van der Waals surface area (Å²) in [6, 6.07) is 13.6. The molecule has 2 amide bonds. The second-order valence-electron chi connectivity index (χ2n) is 6.75. The van der Waals surface area contributed by atoms with Crippen LogP contribution in [-0.4, -0.2) is 16.9 Å². The second kappa shape index (κ2) is 8.52. The molecule has 136 valence electrons. The molecule has 0 unspecified atom stereocenters. The highest BCUT2D eigenvalue weighted by Crippen LogP contribution is 2.23. The van der Waals surface area contributed by atoms with Gasteiger partial charge in [0.1, 0.15) is 5.75 Å². The third-order valence-electron chi connectivity index (χ3n) is 4.76. The highest BCUT2D eigenvalue weighted by atomic mass is 16.3. The highest BCUT2D eigenvalue weighted by molar-refractivity contribution is 6.04. The summed E-state index contributed by atoms with van der Waals surface area (Å²) in [5.41, 5.74) is 2.03. The minimum Gasteiger partial charge on any atom is -0.508 e. The van der Waals surface area contributed by atoms with Gasteiger partial charge in [-0.15, -0.1) is 0 Å². The van der Waals surface area contributed by atoms with E-state index in [0.29, 0.717) is 17.8 Å². The van der Waals surface area contributed by atoms with Crippen molar-refractivity contribution in [1.29, 1.82) is 0 Å². The van der Waals surface area contributed by atoms with Gasteiger partial charge in [0.2, 0.25) is 5.91 Å². The molecule has 26 heavy (non-hydrogen) atoms. The minimum absolute atomic E-state index is 0.104. The van der Waals surface area contributed by atoms with Gasteiger partial charge in [-0.25, -0.2) is 0 Å². The maximum Gasteiger partial charge on any atom is 0.255 e. The summed E-state index contributed by atoms with van der Waals surface area (Å²) >= 11 is 0. The van der Waals surface area contributed by atoms with Crippen molar-refractivity contribution in [3.05, 3.63) is 59.7 Å². The number of hydrogen-bond donors (Lipinski definition) is 3. The normalized spacial score (nSPS) is 14.6. The van der Waals surface area contributed by atoms with Crippen molar-refractivity contribution in [1.82, 2.24) is 5.32 Å². The minimum atomic E-state index is -0.242. The topological polar surface area (TPSA) is 78.4 Å². The fraction of sp³-hybridized carbons (Fsp3) is 0.333. The smallest absolute Gasteiger partial charge is 0.255 e. The summed E-state index contributed by atoms with van der Waals surface area (Å²) in [7, 11) is 0. The van der Waals surface area contributed by atoms with Crippen LogP contribution in [0.1, 0.15) is 48.0 Å². The first-order valence-electron chi connectivity index (χ1n) is 9.09. The van der Waals surface area contributed by atoms with Crippen molar-refractivity contribution in [2.75, 3.05) is 5.32 Å². The van der Waals surface area contributed by atoms with Gasteiger partial charge in [0.05, 0.1) is 0 Å². The van der Waals surface area contributed by atoms with Gasteiger partial charge in [-0.05, 0) is 42.7 Å². The average molecular weight is 352 g/mol. The van der Waals surface area contributed by atoms with Crippen molar-refractivity contribution in [3.63, 3.8) is 0 Å². The Morgan fingerprint density at radius 1 is 1.00 bits per heavy atom. The van der Waals surface area contributed by atoms with Crippen molar-refractivity contribution in [3.8, 4) is 5.75 Å². The average Bonchev–Trinajstić information content (AvgIpc) is 2.67. The van der Waals surface area contributed by atoms with E-state index in [1.54, 1.807) is 30.3 Å². The molecular formula is C21H24N2O3. The van der Waals surface area contributed by atoms with Gasteiger partial charge in [-0.2, -0.15) is 0 Å². The molecule has 1 saturated carbocycles. The van der Waals surface area contributed by atoms with E-state index in [1.165, 1.54) is 12.5 Å². The van der Waals surface area contributed by atoms with E-state index >= 15 is 0 Å². The van der Waals surface area contributed by atoms with Crippen molar-refractivity contribution in [2.24, 2.45) is 5.92 Å². The lowest BCUT2D eigenvalue weighted by Gasteiger charge is -2.20. The van der Waals surface area contributed by atoms with Crippen LogP contribution >= 0.6 is 0 Å². The largest absolute Gasteiger partial charge is 0.508 e. The third-order valence-corrected chi connectivity index (χ3v) is 4.76. The van der Waals surface area contributed by atoms with Crippen LogP contribution in [0.5, 0.6) is 5.75 Å². The third kappa shape index (κ3) is 4.85. The molecule has 0 saturated heterocycles. The molecule has 3 N–H and O–H groups in total. The summed E-state index contributed by atoms with van der Waals surface area (Å²) < 4.78 is 0. The second-order valence-corrected chi connectivity index (χ2v) is 6.75. The molecule has 0 spiro atoms. The Hall–Kier alpha value is -2.82. The molecule has 0 radical (unpaired) electrons. The highest BCUT2D eigenvalue weighted by Gasteiger charge is 2.20. The molecule has 0 aliphatic heterocycles. The van der Waals surface area contributed by atoms with E-state index < -0.39 is 0 Å². The van der Waals surface area contributed by atoms with E-state index in [0.717, 1.165) is 31.2 Å². The maximum atomic E-state index is 12.2. The quantitative estimate of drug-likeness (QED) is 0.765. The molecule has 0 atom stereocenters. The Kier molecular flexibility index (Phi) is 5.89. The molecule has 0 bridgehead atoms. The van der Waals surface area contributed by atoms with Crippen molar-refractivity contribution >= 4 is 17.5 Å². The lowest BCUT2D eigenvalue weighted by molar-refractivity contribution is -0.126. The first-order valence-corrected chi connectivity index (χ1v) is 9.09. The van der Waals surface area contributed by atoms with Gasteiger partial charge in [0.15, 0.2) is 0 Å². The zero-order valence-electron chi connectivity index (χ0n) is 14.7. The Morgan fingerprint density at radius 3 is 2.42 bits per heavy atom. The first-order chi connectivity index (χ1) is 12.6. The van der Waals surface area contributed by atoms with E-state index in [4.69, 9.17) is 0 Å². The molecule has 1 aliphatic carbocycles. The molecule has 0 heterocycles. The summed E-state index contributed by atoms with van der Waals surface area (Å²) in [5, 5.41) is 15.2. The number of hydrogen-bond acceptors (Lipinski definition) is 3. The van der Waals surface area contributed by atoms with Crippen LogP contribution in [0.15, 0.2) is 48.5 Å². The van der Waals surface area contributed by atoms with E-state index in [9.17, 15) is 14.7 Å². The number of amides is 2. The van der Waals surface area contributed by atoms with Crippen LogP contribution in [0.3, 0.4) is 0 Å². The Balaban J connectivity index is 1.52. The molecule has 0 aromatic heterocycles. The van der Waals surface area contributed by atoms with Crippen LogP contribution < -0.4 is 10.6 Å². The van der Waals surface area contributed by atoms with Crippen LogP contribution in [0, 0.1) is 5.92 Å². The maximum absolute atomic E-state index is 12.2. The van der Waals surface area contributed by atoms with Gasteiger partial charge in [0.25, 0.3) is 5.91 Å². The fourth-order valence-electron chi connectivity index (χ4n) is 3.26. The Morgan fingerprint density at radius 2 is 1.73 bits per heavy atom. The molecule has 1 aliphatic rings. The van der Waals surface area contributed by atoms with Gasteiger partial charge < -0.3 is 15.7 Å². The molecule has 1 fully saturated rings. The van der Waals surface area contributed by atoms with Crippen LogP contribution in [-0.2, 0) is 11.3 Å². The van der Waals surface area contributed by atoms with E-state index in [2.05, 4.69) is 10.6 Å². The summed E-state index contributed by atoms with van der Waals surface area (Å²) in [6.45, 7) is 0.476. The summed E-state index contributed by atoms with van der Waals surface area (Å²) in [4.78, 5) is 24.4. The Bertz CT molecular complexity index is 765. The molecule has 2 aromatic rings. The summed E-state index contributed by atoms with van der Waals surface area (Å²) in [6.07, 6.45) is 5.48. The number of carbonyl (C=O) groups is 2. The number of benzene rings is 2. The predicted molar refractivity (Wildman–Crippen MR) is 101 cm³/mol. The standard InChI is InChI=1S/C21H24N2O3/c24-19-8-4-7-18(13-19)23-21(26)17-11-9-15(10-12-17)14-22-20(25)16-5-2-1-3-6-16/h4,7-13,16,24H,1-3,5-6,14H2,(H,22,25)(H,23,26). The van der Waals surface area contributed by atoms with Crippen LogP contribution in [0.4, 0.5) is 5.69 Å². The summed E-state index contributed by atoms with van der Waals surface area (Å²) in [5.74, 6) is 0.145. The molecular weight excluding hydrogens is 328 g/mol. The lowest BCUT2D eigenvalue weighted by atomic mass is 9.88. The number of rotatable bonds is 5. The molecule has 5 heteroatoms. The SMILES string of the molecule is O=C(Nc1cccc(O)c1)c1ccc(CNC(=O)C2CCCCC2)cc1. The number of aromatic hydroxyl groups is 1. The predicted octanol–water partition coefficient (Wildman–Crippen LogP) is 3.84. The van der Waals surface area contributed by atoms with Crippen molar-refractivity contribution in [2.45, 2.75) is 38.6 Å². The number of anilines is 1. The van der Waals surface area contributed by atoms with Crippen LogP contribution in [0.25, 0.3) is 0 Å². The van der Waals surface area contributed by atoms with Crippen molar-refractivity contribution < 1.29 is 14.7 Å². The van der Waals surface area contributed by atoms with Crippen LogP contribution in [0.2, 0.25) is 0 Å².